The van der Waals surface area contributed by atoms with Gasteiger partial charge in [0.05, 0.1) is 30.6 Å². The quantitative estimate of drug-likeness (QED) is 0.152. The van der Waals surface area contributed by atoms with Gasteiger partial charge in [-0.1, -0.05) is 60.7 Å². The molecule has 0 spiro atoms. The predicted octanol–water partition coefficient (Wildman–Crippen LogP) is 6.50. The number of carbonyl (C=O) groups is 1. The molecule has 5 N–H and O–H groups in total. The van der Waals surface area contributed by atoms with Gasteiger partial charge < -0.3 is 20.5 Å². The highest BCUT2D eigenvalue weighted by molar-refractivity contribution is 8.25. The highest BCUT2D eigenvalue weighted by Gasteiger charge is 2.32. The van der Waals surface area contributed by atoms with Gasteiger partial charge in [-0.25, -0.2) is 0 Å². The number of aliphatic hydroxyl groups excluding tert-OH is 1. The zero-order chi connectivity index (χ0) is 32.6. The zero-order valence-corrected chi connectivity index (χ0v) is 26.1. The molecular weight excluding hydrogens is 607 g/mol. The molecule has 4 rings (SSSR count). The van der Waals surface area contributed by atoms with Gasteiger partial charge in [-0.2, -0.15) is 13.2 Å². The molecule has 1 aliphatic heterocycles. The van der Waals surface area contributed by atoms with Crippen molar-refractivity contribution in [2.45, 2.75) is 51.1 Å². The highest BCUT2D eigenvalue weighted by atomic mass is 32.3. The first-order valence-electron chi connectivity index (χ1n) is 14.7. The van der Waals surface area contributed by atoms with Gasteiger partial charge in [0, 0.05) is 30.8 Å². The van der Waals surface area contributed by atoms with E-state index in [2.05, 4.69) is 10.6 Å². The lowest BCUT2D eigenvalue weighted by atomic mass is 9.99. The summed E-state index contributed by atoms with van der Waals surface area (Å²) < 4.78 is 68.3. The zero-order valence-electron chi connectivity index (χ0n) is 25.3. The predicted molar refractivity (Wildman–Crippen MR) is 173 cm³/mol. The number of methoxy groups -OCH3 is 1. The number of carbonyl (C=O) groups excluding carboxylic acids is 1. The molecule has 3 aromatic carbocycles. The number of hydrogen-bond donors (Lipinski definition) is 5. The summed E-state index contributed by atoms with van der Waals surface area (Å²) >= 11 is 0. The van der Waals surface area contributed by atoms with Crippen molar-refractivity contribution in [3.8, 4) is 5.75 Å². The standard InChI is InChI=1S/C33H40F3N3O5S/c1-3-10-25-19-26(20-29(31(25)44-2)39-15-7-8-16-45(39,42)43)32(41)38-28(18-23-11-5-4-6-12-23)30(40)22-37-21-24-13-9-14-27(17-24)33(34,35)36/h3-6,9-14,17,19-20,28,30,37,40,42-43H,7-8,15-16,18,21-22H2,1-2H3,(H,38,41)/b10-3+/t28-,30-/m0/s1. The average molecular weight is 648 g/mol. The number of allylic oxidation sites excluding steroid dienone is 1. The maximum Gasteiger partial charge on any atom is 0.416 e. The molecule has 8 nitrogen and oxygen atoms in total. The van der Waals surface area contributed by atoms with Crippen molar-refractivity contribution < 1.29 is 36.9 Å². The molecule has 0 aromatic heterocycles. The summed E-state index contributed by atoms with van der Waals surface area (Å²) in [7, 11) is -1.63. The van der Waals surface area contributed by atoms with Crippen LogP contribution in [0.2, 0.25) is 0 Å². The normalized spacial score (nSPS) is 17.1. The lowest BCUT2D eigenvalue weighted by Gasteiger charge is -2.47. The molecule has 2 atom stereocenters. The minimum Gasteiger partial charge on any atom is -0.494 e. The Bertz CT molecular complexity index is 1470. The highest BCUT2D eigenvalue weighted by Crippen LogP contribution is 2.52. The van der Waals surface area contributed by atoms with Crippen LogP contribution in [0.15, 0.2) is 72.8 Å². The third-order valence-corrected chi connectivity index (χ3v) is 9.50. The summed E-state index contributed by atoms with van der Waals surface area (Å²) in [5.74, 6) is 0.131. The van der Waals surface area contributed by atoms with Crippen molar-refractivity contribution in [1.82, 2.24) is 10.6 Å². The summed E-state index contributed by atoms with van der Waals surface area (Å²) in [6.07, 6.45) is -0.298. The van der Waals surface area contributed by atoms with E-state index in [1.165, 1.54) is 17.5 Å². The number of anilines is 1. The number of aliphatic hydroxyl groups is 1. The van der Waals surface area contributed by atoms with Crippen LogP contribution in [-0.2, 0) is 19.1 Å². The number of ether oxygens (including phenoxy) is 1. The van der Waals surface area contributed by atoms with E-state index >= 15 is 0 Å². The Hall–Kier alpha value is -3.55. The smallest absolute Gasteiger partial charge is 0.416 e. The van der Waals surface area contributed by atoms with Crippen LogP contribution in [-0.4, -0.2) is 58.2 Å². The summed E-state index contributed by atoms with van der Waals surface area (Å²) in [6.45, 7) is 2.29. The number of benzene rings is 3. The molecule has 244 valence electrons. The van der Waals surface area contributed by atoms with E-state index in [9.17, 15) is 32.2 Å². The van der Waals surface area contributed by atoms with Crippen LogP contribution >= 0.6 is 10.8 Å². The molecule has 45 heavy (non-hydrogen) atoms. The lowest BCUT2D eigenvalue weighted by molar-refractivity contribution is -0.137. The van der Waals surface area contributed by atoms with E-state index in [0.717, 1.165) is 24.1 Å². The van der Waals surface area contributed by atoms with Gasteiger partial charge in [-0.05, 0) is 55.5 Å². The Balaban J connectivity index is 1.58. The SMILES string of the molecule is C/C=C/c1cc(C(=O)N[C@@H](Cc2ccccc2)[C@@H](O)CNCc2cccc(C(F)(F)F)c2)cc(N2CCCCS2(O)O)c1OC. The first-order chi connectivity index (χ1) is 21.4. The third-order valence-electron chi connectivity index (χ3n) is 7.58. The van der Waals surface area contributed by atoms with Crippen LogP contribution in [0, 0.1) is 0 Å². The van der Waals surface area contributed by atoms with Crippen LogP contribution in [0.1, 0.15) is 52.4 Å². The Kier molecular flexibility index (Phi) is 11.6. The molecular formula is C33H40F3N3O5S. The fraction of sp³-hybridized carbons (Fsp3) is 0.364. The number of rotatable bonds is 12. The molecule has 0 bridgehead atoms. The molecule has 0 saturated carbocycles. The van der Waals surface area contributed by atoms with Crippen molar-refractivity contribution >= 4 is 28.4 Å². The van der Waals surface area contributed by atoms with Gasteiger partial charge >= 0.3 is 6.18 Å². The molecule has 1 fully saturated rings. The van der Waals surface area contributed by atoms with Gasteiger partial charge in [0.25, 0.3) is 5.91 Å². The monoisotopic (exact) mass is 647 g/mol. The number of hydrogen-bond acceptors (Lipinski definition) is 7. The van der Waals surface area contributed by atoms with E-state index in [1.807, 2.05) is 37.3 Å². The second-order valence-corrected chi connectivity index (χ2v) is 13.0. The van der Waals surface area contributed by atoms with Crippen LogP contribution in [0.3, 0.4) is 0 Å². The Morgan fingerprint density at radius 2 is 1.80 bits per heavy atom. The lowest BCUT2D eigenvalue weighted by Crippen LogP contribution is -2.48. The van der Waals surface area contributed by atoms with Crippen molar-refractivity contribution in [2.24, 2.45) is 0 Å². The Morgan fingerprint density at radius 1 is 1.07 bits per heavy atom. The van der Waals surface area contributed by atoms with Gasteiger partial charge in [0.2, 0.25) is 0 Å². The van der Waals surface area contributed by atoms with Gasteiger partial charge in [0.15, 0.2) is 5.75 Å². The molecule has 1 heterocycles. The Morgan fingerprint density at radius 3 is 2.47 bits per heavy atom. The molecule has 0 aliphatic carbocycles. The van der Waals surface area contributed by atoms with E-state index in [-0.39, 0.29) is 30.8 Å². The topological polar surface area (TPSA) is 114 Å². The van der Waals surface area contributed by atoms with Crippen LogP contribution < -0.4 is 19.7 Å². The van der Waals surface area contributed by atoms with E-state index in [0.29, 0.717) is 35.5 Å². The number of nitrogens with one attached hydrogen (secondary N) is 2. The largest absolute Gasteiger partial charge is 0.494 e. The second-order valence-electron chi connectivity index (χ2n) is 10.9. The van der Waals surface area contributed by atoms with Crippen LogP contribution in [0.25, 0.3) is 6.08 Å². The summed E-state index contributed by atoms with van der Waals surface area (Å²) in [5.41, 5.74) is 1.73. The summed E-state index contributed by atoms with van der Waals surface area (Å²) in [5, 5.41) is 17.2. The summed E-state index contributed by atoms with van der Waals surface area (Å²) in [4.78, 5) is 13.8. The fourth-order valence-corrected chi connectivity index (χ4v) is 7.01. The third kappa shape index (κ3) is 9.01. The molecule has 0 unspecified atom stereocenters. The average Bonchev–Trinajstić information content (AvgIpc) is 3.00. The van der Waals surface area contributed by atoms with Crippen molar-refractivity contribution in [2.75, 3.05) is 30.3 Å². The maximum absolute atomic E-state index is 13.8. The van der Waals surface area contributed by atoms with Crippen molar-refractivity contribution in [1.29, 1.82) is 0 Å². The number of halogens is 3. The van der Waals surface area contributed by atoms with E-state index < -0.39 is 40.6 Å². The van der Waals surface area contributed by atoms with E-state index in [4.69, 9.17) is 4.74 Å². The molecule has 1 saturated heterocycles. The minimum atomic E-state index is -4.46. The molecule has 0 radical (unpaired) electrons. The summed E-state index contributed by atoms with van der Waals surface area (Å²) in [6, 6.07) is 16.7. The fourth-order valence-electron chi connectivity index (χ4n) is 5.33. The first kappa shape index (κ1) is 34.3. The van der Waals surface area contributed by atoms with Gasteiger partial charge in [0.1, 0.15) is 5.69 Å². The minimum absolute atomic E-state index is 0.000390. The van der Waals surface area contributed by atoms with Crippen molar-refractivity contribution in [3.05, 3.63) is 101 Å². The molecule has 12 heteroatoms. The van der Waals surface area contributed by atoms with Gasteiger partial charge in [-0.3, -0.25) is 18.2 Å². The van der Waals surface area contributed by atoms with Crippen molar-refractivity contribution in [3.63, 3.8) is 0 Å². The maximum atomic E-state index is 13.8. The van der Waals surface area contributed by atoms with E-state index in [1.54, 1.807) is 30.4 Å². The number of amides is 1. The van der Waals surface area contributed by atoms with Gasteiger partial charge in [-0.15, -0.1) is 10.8 Å². The number of nitrogens with zero attached hydrogens (tertiary/aromatic N) is 1. The second kappa shape index (κ2) is 15.2. The number of alkyl halides is 3. The molecule has 1 amide bonds. The van der Waals surface area contributed by atoms with Crippen LogP contribution in [0.5, 0.6) is 5.75 Å². The Labute approximate surface area is 263 Å². The molecule has 3 aromatic rings. The first-order valence-corrected chi connectivity index (χ1v) is 16.4. The van der Waals surface area contributed by atoms with Crippen LogP contribution in [0.4, 0.5) is 18.9 Å². The molecule has 1 aliphatic rings.